The van der Waals surface area contributed by atoms with Crippen molar-refractivity contribution >= 4 is 27.5 Å². The zero-order chi connectivity index (χ0) is 18.4. The number of ether oxygens (including phenoxy) is 1. The number of sulfonamides is 1. The molecule has 0 atom stereocenters. The van der Waals surface area contributed by atoms with Gasteiger partial charge in [0.2, 0.25) is 10.0 Å². The molecule has 1 amide bonds. The average Bonchev–Trinajstić information content (AvgIpc) is 2.60. The molecule has 0 aromatic heterocycles. The van der Waals surface area contributed by atoms with Crippen molar-refractivity contribution in [2.45, 2.75) is 18.4 Å². The lowest BCUT2D eigenvalue weighted by atomic mass is 10.2. The molecule has 2 aromatic carbocycles. The van der Waals surface area contributed by atoms with Gasteiger partial charge in [0, 0.05) is 18.1 Å². The molecule has 0 saturated heterocycles. The Morgan fingerprint density at radius 2 is 1.96 bits per heavy atom. The Morgan fingerprint density at radius 3 is 2.60 bits per heavy atom. The van der Waals surface area contributed by atoms with Gasteiger partial charge in [-0.3, -0.25) is 4.79 Å². The Labute approximate surface area is 152 Å². The highest BCUT2D eigenvalue weighted by molar-refractivity contribution is 7.89. The minimum atomic E-state index is -3.80. The Hall–Kier alpha value is -2.09. The highest BCUT2D eigenvalue weighted by Gasteiger charge is 2.19. The normalized spacial score (nSPS) is 11.2. The van der Waals surface area contributed by atoms with Gasteiger partial charge < -0.3 is 10.1 Å². The van der Waals surface area contributed by atoms with E-state index in [1.54, 1.807) is 31.2 Å². The predicted molar refractivity (Wildman–Crippen MR) is 96.5 cm³/mol. The number of hydrogen-bond acceptors (Lipinski definition) is 4. The fraction of sp³-hybridized carbons (Fsp3) is 0.235. The Bertz CT molecular complexity index is 869. The van der Waals surface area contributed by atoms with Crippen molar-refractivity contribution in [1.29, 1.82) is 0 Å². The van der Waals surface area contributed by atoms with Gasteiger partial charge in [-0.2, -0.15) is 0 Å². The molecule has 0 spiro atoms. The summed E-state index contributed by atoms with van der Waals surface area (Å²) >= 11 is 5.90. The van der Waals surface area contributed by atoms with Crippen LogP contribution in [0.4, 0.5) is 0 Å². The first-order chi connectivity index (χ1) is 11.9. The predicted octanol–water partition coefficient (Wildman–Crippen LogP) is 2.58. The quantitative estimate of drug-likeness (QED) is 0.770. The monoisotopic (exact) mass is 382 g/mol. The van der Waals surface area contributed by atoms with E-state index < -0.39 is 15.9 Å². The smallest absolute Gasteiger partial charge is 0.255 e. The highest BCUT2D eigenvalue weighted by Crippen LogP contribution is 2.22. The summed E-state index contributed by atoms with van der Waals surface area (Å²) in [6, 6.07) is 11.0. The number of benzene rings is 2. The van der Waals surface area contributed by atoms with Gasteiger partial charge in [0.1, 0.15) is 5.75 Å². The molecule has 134 valence electrons. The third-order valence-corrected chi connectivity index (χ3v) is 5.05. The van der Waals surface area contributed by atoms with E-state index in [0.717, 1.165) is 5.56 Å². The van der Waals surface area contributed by atoms with Crippen LogP contribution < -0.4 is 14.8 Å². The maximum Gasteiger partial charge on any atom is 0.255 e. The Morgan fingerprint density at radius 1 is 1.20 bits per heavy atom. The van der Waals surface area contributed by atoms with Gasteiger partial charge in [-0.15, -0.1) is 0 Å². The van der Waals surface area contributed by atoms with Crippen LogP contribution in [0.1, 0.15) is 22.8 Å². The van der Waals surface area contributed by atoms with E-state index in [0.29, 0.717) is 17.3 Å². The molecule has 0 bridgehead atoms. The third-order valence-electron chi connectivity index (χ3n) is 3.42. The van der Waals surface area contributed by atoms with Gasteiger partial charge in [0.05, 0.1) is 17.6 Å². The number of rotatable bonds is 7. The van der Waals surface area contributed by atoms with Gasteiger partial charge >= 0.3 is 0 Å². The second-order valence-electron chi connectivity index (χ2n) is 5.18. The van der Waals surface area contributed by atoms with Gasteiger partial charge in [-0.05, 0) is 42.8 Å². The fourth-order valence-corrected chi connectivity index (χ4v) is 3.45. The molecule has 0 unspecified atom stereocenters. The molecule has 0 radical (unpaired) electrons. The van der Waals surface area contributed by atoms with E-state index in [9.17, 15) is 13.2 Å². The van der Waals surface area contributed by atoms with Gasteiger partial charge in [-0.1, -0.05) is 23.7 Å². The van der Waals surface area contributed by atoms with Crippen molar-refractivity contribution < 1.29 is 17.9 Å². The maximum atomic E-state index is 12.5. The third kappa shape index (κ3) is 4.94. The lowest BCUT2D eigenvalue weighted by molar-refractivity contribution is 0.0952. The first kappa shape index (κ1) is 19.2. The van der Waals surface area contributed by atoms with Crippen molar-refractivity contribution in [3.63, 3.8) is 0 Å². The van der Waals surface area contributed by atoms with E-state index >= 15 is 0 Å². The minimum absolute atomic E-state index is 0.0171. The Kier molecular flexibility index (Phi) is 6.41. The summed E-state index contributed by atoms with van der Waals surface area (Å²) in [4.78, 5) is 12.1. The number of carbonyl (C=O) groups excluding carboxylic acids is 1. The van der Waals surface area contributed by atoms with Gasteiger partial charge in [-0.25, -0.2) is 13.1 Å². The number of carbonyl (C=O) groups is 1. The number of hydrogen-bond donors (Lipinski definition) is 2. The van der Waals surface area contributed by atoms with E-state index in [1.165, 1.54) is 25.3 Å². The summed E-state index contributed by atoms with van der Waals surface area (Å²) < 4.78 is 32.6. The van der Waals surface area contributed by atoms with Crippen molar-refractivity contribution in [3.05, 3.63) is 58.6 Å². The first-order valence-electron chi connectivity index (χ1n) is 7.57. The summed E-state index contributed by atoms with van der Waals surface area (Å²) in [6.07, 6.45) is 0. The van der Waals surface area contributed by atoms with E-state index in [4.69, 9.17) is 16.3 Å². The molecule has 0 heterocycles. The van der Waals surface area contributed by atoms with Crippen LogP contribution >= 0.6 is 11.6 Å². The SMILES string of the molecule is CCNC(=O)c1cc(S(=O)(=O)NCc2cccc(Cl)c2)ccc1OC. The molecule has 0 fully saturated rings. The second-order valence-corrected chi connectivity index (χ2v) is 7.38. The lowest BCUT2D eigenvalue weighted by Crippen LogP contribution is -2.26. The first-order valence-corrected chi connectivity index (χ1v) is 9.44. The van der Waals surface area contributed by atoms with Crippen LogP contribution in [-0.4, -0.2) is 28.0 Å². The van der Waals surface area contributed by atoms with E-state index in [2.05, 4.69) is 10.0 Å². The zero-order valence-corrected chi connectivity index (χ0v) is 15.4. The standard InChI is InChI=1S/C17H19ClN2O4S/c1-3-19-17(21)15-10-14(7-8-16(15)24-2)25(22,23)20-11-12-5-4-6-13(18)9-12/h4-10,20H,3,11H2,1-2H3,(H,19,21). The molecular weight excluding hydrogens is 364 g/mol. The number of amides is 1. The molecular formula is C17H19ClN2O4S. The van der Waals surface area contributed by atoms with Gasteiger partial charge in [0.15, 0.2) is 0 Å². The van der Waals surface area contributed by atoms with Crippen LogP contribution in [0.15, 0.2) is 47.4 Å². The van der Waals surface area contributed by atoms with Crippen molar-refractivity contribution in [1.82, 2.24) is 10.0 Å². The van der Waals surface area contributed by atoms with Crippen LogP contribution in [0, 0.1) is 0 Å². The number of halogens is 1. The van der Waals surface area contributed by atoms with Crippen LogP contribution in [0.2, 0.25) is 5.02 Å². The van der Waals surface area contributed by atoms with Crippen LogP contribution in [0.25, 0.3) is 0 Å². The topological polar surface area (TPSA) is 84.5 Å². The molecule has 8 heteroatoms. The van der Waals surface area contributed by atoms with Crippen molar-refractivity contribution in [3.8, 4) is 5.75 Å². The molecule has 0 aliphatic heterocycles. The minimum Gasteiger partial charge on any atom is -0.496 e. The summed E-state index contributed by atoms with van der Waals surface area (Å²) in [5.74, 6) is -0.0917. The molecule has 0 saturated carbocycles. The number of methoxy groups -OCH3 is 1. The largest absolute Gasteiger partial charge is 0.496 e. The molecule has 0 aliphatic rings. The van der Waals surface area contributed by atoms with Crippen molar-refractivity contribution in [2.75, 3.05) is 13.7 Å². The molecule has 2 N–H and O–H groups in total. The number of nitrogens with one attached hydrogen (secondary N) is 2. The summed E-state index contributed by atoms with van der Waals surface area (Å²) in [6.45, 7) is 2.29. The highest BCUT2D eigenvalue weighted by atomic mass is 35.5. The fourth-order valence-electron chi connectivity index (χ4n) is 2.20. The van der Waals surface area contributed by atoms with Crippen LogP contribution in [0.5, 0.6) is 5.75 Å². The van der Waals surface area contributed by atoms with E-state index in [1.807, 2.05) is 0 Å². The molecule has 2 aromatic rings. The molecule has 0 aliphatic carbocycles. The summed E-state index contributed by atoms with van der Waals surface area (Å²) in [5.41, 5.74) is 0.892. The molecule has 2 rings (SSSR count). The van der Waals surface area contributed by atoms with Crippen LogP contribution in [-0.2, 0) is 16.6 Å². The van der Waals surface area contributed by atoms with Crippen molar-refractivity contribution in [2.24, 2.45) is 0 Å². The molecule has 25 heavy (non-hydrogen) atoms. The average molecular weight is 383 g/mol. The van der Waals surface area contributed by atoms with E-state index in [-0.39, 0.29) is 17.0 Å². The second kappa shape index (κ2) is 8.33. The summed E-state index contributed by atoms with van der Waals surface area (Å²) in [5, 5.41) is 3.16. The summed E-state index contributed by atoms with van der Waals surface area (Å²) in [7, 11) is -2.38. The maximum absolute atomic E-state index is 12.5. The lowest BCUT2D eigenvalue weighted by Gasteiger charge is -2.12. The Balaban J connectivity index is 2.26. The molecule has 6 nitrogen and oxygen atoms in total. The van der Waals surface area contributed by atoms with Gasteiger partial charge in [0.25, 0.3) is 5.91 Å². The zero-order valence-electron chi connectivity index (χ0n) is 13.9. The van der Waals surface area contributed by atoms with Crippen LogP contribution in [0.3, 0.4) is 0 Å².